The molecular formula is C44H52O10. The smallest absolute Gasteiger partial charge is 0.284 e. The van der Waals surface area contributed by atoms with Crippen LogP contribution in [0.25, 0.3) is 0 Å². The lowest BCUT2D eigenvalue weighted by molar-refractivity contribution is 0.0325. The van der Waals surface area contributed by atoms with Gasteiger partial charge in [0.1, 0.15) is 74.3 Å². The lowest BCUT2D eigenvalue weighted by atomic mass is 9.78. The normalized spacial score (nSPS) is 13.5. The molecule has 1 aromatic heterocycles. The highest BCUT2D eigenvalue weighted by Gasteiger charge is 2.25. The van der Waals surface area contributed by atoms with E-state index in [2.05, 4.69) is 27.7 Å². The molecule has 10 heteroatoms. The number of aliphatic hydroxyl groups is 3. The van der Waals surface area contributed by atoms with Gasteiger partial charge in [-0.25, -0.2) is 0 Å². The molecule has 5 rings (SSSR count). The van der Waals surface area contributed by atoms with E-state index in [0.717, 1.165) is 22.3 Å². The summed E-state index contributed by atoms with van der Waals surface area (Å²) in [5.41, 5.74) is 3.87. The average molecular weight is 741 g/mol. The van der Waals surface area contributed by atoms with E-state index in [1.165, 1.54) is 6.26 Å². The standard InChI is InChI=1S/C44H52O10/c1-43(2,31-8-16-38(17-9-31)50-26-35(45)25-48-5)32-10-18-39(19-11-32)51-27-36(46)28-52-40-20-12-33(13-21-40)44(3,4)34-14-22-41(23-15-34)53-29-37(47)30-54-42-7-6-24-49-42/h6-24,35-37,45-47H,25-30H2,1-5H3. The van der Waals surface area contributed by atoms with Crippen LogP contribution >= 0.6 is 0 Å². The van der Waals surface area contributed by atoms with Crippen molar-refractivity contribution in [1.82, 2.24) is 0 Å². The molecule has 0 aliphatic carbocycles. The van der Waals surface area contributed by atoms with Crippen molar-refractivity contribution in [2.45, 2.75) is 56.8 Å². The fraction of sp³-hybridized carbons (Fsp3) is 0.364. The molecule has 0 bridgehead atoms. The van der Waals surface area contributed by atoms with Crippen LogP contribution in [0.1, 0.15) is 49.9 Å². The third kappa shape index (κ3) is 11.3. The summed E-state index contributed by atoms with van der Waals surface area (Å²) in [4.78, 5) is 0. The maximum absolute atomic E-state index is 10.6. The average Bonchev–Trinajstić information content (AvgIpc) is 3.72. The van der Waals surface area contributed by atoms with Gasteiger partial charge in [-0.2, -0.15) is 0 Å². The molecule has 10 nitrogen and oxygen atoms in total. The third-order valence-corrected chi connectivity index (χ3v) is 9.35. The summed E-state index contributed by atoms with van der Waals surface area (Å²) < 4.78 is 38.6. The van der Waals surface area contributed by atoms with Crippen LogP contribution in [0.5, 0.6) is 28.9 Å². The molecule has 0 saturated heterocycles. The molecule has 3 N–H and O–H groups in total. The summed E-state index contributed by atoms with van der Waals surface area (Å²) in [6.07, 6.45) is -0.786. The Kier molecular flexibility index (Phi) is 14.0. The van der Waals surface area contributed by atoms with E-state index in [1.54, 1.807) is 19.2 Å². The number of hydrogen-bond acceptors (Lipinski definition) is 10. The van der Waals surface area contributed by atoms with Crippen molar-refractivity contribution in [3.05, 3.63) is 138 Å². The number of methoxy groups -OCH3 is 1. The topological polar surface area (TPSA) is 129 Å². The first-order valence-electron chi connectivity index (χ1n) is 18.1. The molecule has 0 spiro atoms. The Morgan fingerprint density at radius 3 is 1.02 bits per heavy atom. The second-order valence-corrected chi connectivity index (χ2v) is 14.3. The van der Waals surface area contributed by atoms with Gasteiger partial charge in [-0.1, -0.05) is 76.2 Å². The highest BCUT2D eigenvalue weighted by atomic mass is 16.6. The molecule has 0 radical (unpaired) electrons. The second kappa shape index (κ2) is 18.9. The Balaban J connectivity index is 1.04. The maximum Gasteiger partial charge on any atom is 0.284 e. The molecule has 54 heavy (non-hydrogen) atoms. The van der Waals surface area contributed by atoms with Crippen molar-refractivity contribution < 1.29 is 48.2 Å². The summed E-state index contributed by atoms with van der Waals surface area (Å²) >= 11 is 0. The van der Waals surface area contributed by atoms with Crippen molar-refractivity contribution in [2.24, 2.45) is 0 Å². The van der Waals surface area contributed by atoms with E-state index in [4.69, 9.17) is 32.8 Å². The van der Waals surface area contributed by atoms with Crippen molar-refractivity contribution in [1.29, 1.82) is 0 Å². The van der Waals surface area contributed by atoms with Crippen LogP contribution < -0.4 is 23.7 Å². The van der Waals surface area contributed by atoms with Crippen LogP contribution in [0, 0.1) is 0 Å². The molecule has 1 heterocycles. The van der Waals surface area contributed by atoms with Crippen molar-refractivity contribution in [3.63, 3.8) is 0 Å². The van der Waals surface area contributed by atoms with Crippen LogP contribution in [0.4, 0.5) is 0 Å². The Hall–Kier alpha value is -5.00. The minimum absolute atomic E-state index is 0.0685. The first kappa shape index (κ1) is 40.2. The Morgan fingerprint density at radius 2 is 0.741 bits per heavy atom. The Morgan fingerprint density at radius 1 is 0.444 bits per heavy atom. The monoisotopic (exact) mass is 740 g/mol. The minimum atomic E-state index is -0.820. The van der Waals surface area contributed by atoms with E-state index in [1.807, 2.05) is 97.1 Å². The van der Waals surface area contributed by atoms with E-state index in [0.29, 0.717) is 28.9 Å². The van der Waals surface area contributed by atoms with Crippen LogP contribution in [0.3, 0.4) is 0 Å². The summed E-state index contributed by atoms with van der Waals surface area (Å²) in [7, 11) is 1.54. The molecule has 0 saturated carbocycles. The number of furan rings is 1. The number of ether oxygens (including phenoxy) is 6. The Labute approximate surface area is 317 Å². The number of rotatable bonds is 21. The quantitative estimate of drug-likeness (QED) is 0.0727. The molecule has 0 aliphatic heterocycles. The Bertz CT molecular complexity index is 1800. The zero-order valence-corrected chi connectivity index (χ0v) is 31.6. The summed E-state index contributed by atoms with van der Waals surface area (Å²) in [5.74, 6) is 3.01. The molecule has 0 amide bonds. The van der Waals surface area contributed by atoms with Gasteiger partial charge in [0.2, 0.25) is 0 Å². The van der Waals surface area contributed by atoms with Gasteiger partial charge in [0.25, 0.3) is 5.95 Å². The summed E-state index contributed by atoms with van der Waals surface area (Å²) in [6.45, 7) is 9.34. The fourth-order valence-electron chi connectivity index (χ4n) is 5.83. The van der Waals surface area contributed by atoms with Gasteiger partial charge < -0.3 is 48.2 Å². The highest BCUT2D eigenvalue weighted by Crippen LogP contribution is 2.35. The SMILES string of the molecule is COCC(O)COc1ccc(C(C)(C)c2ccc(OCC(O)COc3ccc(C(C)(C)c4ccc(OCC(O)COc5ccco5)cc4)cc3)cc2)cc1. The van der Waals surface area contributed by atoms with Crippen LogP contribution in [-0.4, -0.2) is 80.4 Å². The molecular weight excluding hydrogens is 688 g/mol. The molecule has 4 aromatic carbocycles. The van der Waals surface area contributed by atoms with E-state index >= 15 is 0 Å². The molecule has 0 fully saturated rings. The van der Waals surface area contributed by atoms with Crippen LogP contribution in [0.2, 0.25) is 0 Å². The number of aliphatic hydroxyl groups excluding tert-OH is 3. The predicted molar refractivity (Wildman–Crippen MR) is 206 cm³/mol. The van der Waals surface area contributed by atoms with E-state index in [-0.39, 0.29) is 50.5 Å². The zero-order valence-electron chi connectivity index (χ0n) is 31.6. The zero-order chi connectivity index (χ0) is 38.6. The summed E-state index contributed by atoms with van der Waals surface area (Å²) in [6, 6.07) is 34.8. The molecule has 5 aromatic rings. The van der Waals surface area contributed by atoms with E-state index < -0.39 is 18.3 Å². The number of benzene rings is 4. The largest absolute Gasteiger partial charge is 0.491 e. The molecule has 288 valence electrons. The molecule has 0 aliphatic rings. The van der Waals surface area contributed by atoms with Crippen molar-refractivity contribution in [2.75, 3.05) is 46.8 Å². The maximum atomic E-state index is 10.6. The van der Waals surface area contributed by atoms with Gasteiger partial charge >= 0.3 is 0 Å². The molecule has 3 atom stereocenters. The van der Waals surface area contributed by atoms with Crippen molar-refractivity contribution in [3.8, 4) is 28.9 Å². The highest BCUT2D eigenvalue weighted by molar-refractivity contribution is 5.43. The van der Waals surface area contributed by atoms with Crippen LogP contribution in [-0.2, 0) is 15.6 Å². The number of hydrogen-bond donors (Lipinski definition) is 3. The van der Waals surface area contributed by atoms with Gasteiger partial charge in [-0.3, -0.25) is 0 Å². The lowest BCUT2D eigenvalue weighted by Gasteiger charge is -2.27. The van der Waals surface area contributed by atoms with Gasteiger partial charge in [0.05, 0.1) is 12.9 Å². The van der Waals surface area contributed by atoms with Gasteiger partial charge in [0, 0.05) is 24.0 Å². The van der Waals surface area contributed by atoms with E-state index in [9.17, 15) is 15.3 Å². The van der Waals surface area contributed by atoms with Gasteiger partial charge in [-0.15, -0.1) is 0 Å². The first-order chi connectivity index (χ1) is 25.9. The van der Waals surface area contributed by atoms with Crippen LogP contribution in [0.15, 0.2) is 120 Å². The first-order valence-corrected chi connectivity index (χ1v) is 18.1. The third-order valence-electron chi connectivity index (χ3n) is 9.35. The summed E-state index contributed by atoms with van der Waals surface area (Å²) in [5, 5.41) is 30.6. The van der Waals surface area contributed by atoms with Gasteiger partial charge in [-0.05, 0) is 76.9 Å². The fourth-order valence-corrected chi connectivity index (χ4v) is 5.83. The predicted octanol–water partition coefficient (Wildman–Crippen LogP) is 6.95. The molecule has 3 unspecified atom stereocenters. The van der Waals surface area contributed by atoms with Gasteiger partial charge in [0.15, 0.2) is 0 Å². The lowest BCUT2D eigenvalue weighted by Crippen LogP contribution is -2.25. The minimum Gasteiger partial charge on any atom is -0.491 e. The second-order valence-electron chi connectivity index (χ2n) is 14.3. The van der Waals surface area contributed by atoms with Crippen molar-refractivity contribution >= 4 is 0 Å².